The minimum absolute atomic E-state index is 0.165. The molecule has 0 aliphatic carbocycles. The quantitative estimate of drug-likeness (QED) is 0.552. The number of rotatable bonds is 7. The fourth-order valence-corrected chi connectivity index (χ4v) is 5.41. The molecule has 0 saturated carbocycles. The van der Waals surface area contributed by atoms with Crippen LogP contribution in [0.2, 0.25) is 0 Å². The molecule has 0 amide bonds. The van der Waals surface area contributed by atoms with Crippen molar-refractivity contribution in [1.82, 2.24) is 29.0 Å². The van der Waals surface area contributed by atoms with Crippen LogP contribution in [0.5, 0.6) is 5.75 Å². The van der Waals surface area contributed by atoms with Crippen molar-refractivity contribution in [3.8, 4) is 17.1 Å². The van der Waals surface area contributed by atoms with Crippen molar-refractivity contribution < 1.29 is 18.3 Å². The lowest BCUT2D eigenvalue weighted by atomic mass is 10.1. The van der Waals surface area contributed by atoms with Crippen LogP contribution in [-0.4, -0.2) is 82.3 Å². The molecule has 1 atom stereocenters. The van der Waals surface area contributed by atoms with Crippen molar-refractivity contribution in [2.24, 2.45) is 7.05 Å². The van der Waals surface area contributed by atoms with Crippen LogP contribution < -0.4 is 4.74 Å². The maximum absolute atomic E-state index is 13.4. The van der Waals surface area contributed by atoms with E-state index in [1.807, 2.05) is 20.9 Å². The largest absolute Gasteiger partial charge is 0.493 e. The molecule has 11 heteroatoms. The van der Waals surface area contributed by atoms with E-state index in [4.69, 9.17) is 4.74 Å². The fraction of sp³-hybridized carbons (Fsp3) is 0.500. The number of aliphatic hydroxyl groups excluding tert-OH is 1. The number of nitrogens with zero attached hydrogens (tertiary/aromatic N) is 6. The van der Waals surface area contributed by atoms with Gasteiger partial charge in [-0.25, -0.2) is 18.4 Å². The number of piperazine rings is 1. The SMILES string of the molecule is CCOc1ccc(S(=O)(=O)N2CCN(C)CC2)cc1-c1nc(C(O)CC)c2c(cnn2C)n1. The van der Waals surface area contributed by atoms with E-state index in [-0.39, 0.29) is 10.7 Å². The van der Waals surface area contributed by atoms with Gasteiger partial charge in [0.15, 0.2) is 5.82 Å². The van der Waals surface area contributed by atoms with E-state index in [2.05, 4.69) is 20.0 Å². The highest BCUT2D eigenvalue weighted by Gasteiger charge is 2.29. The number of aryl methyl sites for hydroxylation is 1. The Morgan fingerprint density at radius 2 is 1.85 bits per heavy atom. The van der Waals surface area contributed by atoms with Crippen molar-refractivity contribution in [3.63, 3.8) is 0 Å². The number of aliphatic hydroxyl groups is 1. The van der Waals surface area contributed by atoms with Crippen LogP contribution in [0, 0.1) is 0 Å². The Labute approximate surface area is 193 Å². The summed E-state index contributed by atoms with van der Waals surface area (Å²) >= 11 is 0. The Bertz CT molecular complexity index is 1250. The Kier molecular flexibility index (Phi) is 6.66. The first-order valence-corrected chi connectivity index (χ1v) is 12.5. The summed E-state index contributed by atoms with van der Waals surface area (Å²) in [7, 11) is 0.0618. The standard InChI is InChI=1S/C22H30N6O4S/c1-5-18(29)20-21-17(14-23-27(21)4)24-22(25-20)16-13-15(7-8-19(16)32-6-2)33(30,31)28-11-9-26(3)10-12-28/h7-8,13-14,18,29H,5-6,9-12H2,1-4H3. The third-order valence-corrected chi connectivity index (χ3v) is 7.80. The van der Waals surface area contributed by atoms with Gasteiger partial charge >= 0.3 is 0 Å². The molecule has 1 fully saturated rings. The second kappa shape index (κ2) is 9.34. The van der Waals surface area contributed by atoms with E-state index < -0.39 is 16.1 Å². The minimum Gasteiger partial charge on any atom is -0.493 e. The molecule has 4 rings (SSSR count). The van der Waals surface area contributed by atoms with E-state index in [1.165, 1.54) is 4.31 Å². The fourth-order valence-electron chi connectivity index (χ4n) is 3.96. The van der Waals surface area contributed by atoms with Crippen LogP contribution in [0.4, 0.5) is 0 Å². The number of hydrogen-bond donors (Lipinski definition) is 1. The maximum atomic E-state index is 13.4. The van der Waals surface area contributed by atoms with Gasteiger partial charge in [-0.3, -0.25) is 4.68 Å². The zero-order valence-electron chi connectivity index (χ0n) is 19.4. The normalized spacial score (nSPS) is 16.9. The van der Waals surface area contributed by atoms with Gasteiger partial charge in [0.1, 0.15) is 16.8 Å². The molecule has 2 aromatic heterocycles. The summed E-state index contributed by atoms with van der Waals surface area (Å²) in [4.78, 5) is 11.5. The smallest absolute Gasteiger partial charge is 0.243 e. The zero-order chi connectivity index (χ0) is 23.8. The molecule has 0 spiro atoms. The maximum Gasteiger partial charge on any atom is 0.243 e. The third kappa shape index (κ3) is 4.45. The monoisotopic (exact) mass is 474 g/mol. The van der Waals surface area contributed by atoms with Crippen molar-refractivity contribution in [1.29, 1.82) is 0 Å². The van der Waals surface area contributed by atoms with E-state index in [0.29, 0.717) is 67.2 Å². The summed E-state index contributed by atoms with van der Waals surface area (Å²) in [5.74, 6) is 0.770. The molecule has 3 heterocycles. The van der Waals surface area contributed by atoms with Crippen molar-refractivity contribution in [3.05, 3.63) is 30.1 Å². The average Bonchev–Trinajstić information content (AvgIpc) is 3.19. The van der Waals surface area contributed by atoms with Gasteiger partial charge in [0, 0.05) is 33.2 Å². The molecular formula is C22H30N6O4S. The lowest BCUT2D eigenvalue weighted by molar-refractivity contribution is 0.170. The highest BCUT2D eigenvalue weighted by molar-refractivity contribution is 7.89. The molecule has 33 heavy (non-hydrogen) atoms. The lowest BCUT2D eigenvalue weighted by Gasteiger charge is -2.31. The zero-order valence-corrected chi connectivity index (χ0v) is 20.2. The lowest BCUT2D eigenvalue weighted by Crippen LogP contribution is -2.47. The van der Waals surface area contributed by atoms with Crippen molar-refractivity contribution in [2.45, 2.75) is 31.3 Å². The summed E-state index contributed by atoms with van der Waals surface area (Å²) in [6.07, 6.45) is 1.27. The highest BCUT2D eigenvalue weighted by Crippen LogP contribution is 2.34. The van der Waals surface area contributed by atoms with Crippen LogP contribution in [0.3, 0.4) is 0 Å². The number of likely N-dealkylation sites (N-methyl/N-ethyl adjacent to an activating group) is 1. The first-order valence-electron chi connectivity index (χ1n) is 11.1. The third-order valence-electron chi connectivity index (χ3n) is 5.91. The molecule has 1 saturated heterocycles. The summed E-state index contributed by atoms with van der Waals surface area (Å²) in [6.45, 7) is 6.36. The van der Waals surface area contributed by atoms with Crippen LogP contribution in [0.15, 0.2) is 29.3 Å². The van der Waals surface area contributed by atoms with Crippen LogP contribution in [0.1, 0.15) is 32.1 Å². The van der Waals surface area contributed by atoms with E-state index in [1.54, 1.807) is 36.1 Å². The average molecular weight is 475 g/mol. The Morgan fingerprint density at radius 3 is 2.52 bits per heavy atom. The summed E-state index contributed by atoms with van der Waals surface area (Å²) in [6, 6.07) is 4.78. The topological polar surface area (TPSA) is 114 Å². The van der Waals surface area contributed by atoms with Gasteiger partial charge in [0.05, 0.1) is 35.1 Å². The molecule has 1 N–H and O–H groups in total. The van der Waals surface area contributed by atoms with E-state index in [9.17, 15) is 13.5 Å². The minimum atomic E-state index is -3.69. The highest BCUT2D eigenvalue weighted by atomic mass is 32.2. The predicted octanol–water partition coefficient (Wildman–Crippen LogP) is 1.81. The molecule has 0 radical (unpaired) electrons. The van der Waals surface area contributed by atoms with Crippen LogP contribution in [-0.2, 0) is 17.1 Å². The van der Waals surface area contributed by atoms with Crippen molar-refractivity contribution >= 4 is 21.1 Å². The Morgan fingerprint density at radius 1 is 1.12 bits per heavy atom. The van der Waals surface area contributed by atoms with Gasteiger partial charge in [-0.05, 0) is 38.6 Å². The van der Waals surface area contributed by atoms with Crippen molar-refractivity contribution in [2.75, 3.05) is 39.8 Å². The molecule has 10 nitrogen and oxygen atoms in total. The van der Waals surface area contributed by atoms with Gasteiger partial charge in [-0.15, -0.1) is 0 Å². The molecule has 1 aliphatic rings. The second-order valence-electron chi connectivity index (χ2n) is 8.16. The molecule has 178 valence electrons. The van der Waals surface area contributed by atoms with Gasteiger partial charge in [0.25, 0.3) is 0 Å². The van der Waals surface area contributed by atoms with Gasteiger partial charge in [-0.2, -0.15) is 9.40 Å². The number of ether oxygens (including phenoxy) is 1. The Hall–Kier alpha value is -2.60. The summed E-state index contributed by atoms with van der Waals surface area (Å²) < 4.78 is 35.6. The molecule has 1 aliphatic heterocycles. The number of hydrogen-bond acceptors (Lipinski definition) is 8. The van der Waals surface area contributed by atoms with E-state index >= 15 is 0 Å². The first-order chi connectivity index (χ1) is 15.8. The number of sulfonamides is 1. The number of fused-ring (bicyclic) bond motifs is 1. The second-order valence-corrected chi connectivity index (χ2v) is 10.1. The van der Waals surface area contributed by atoms with Gasteiger partial charge in [0.2, 0.25) is 10.0 Å². The number of aromatic nitrogens is 4. The van der Waals surface area contributed by atoms with Crippen LogP contribution in [0.25, 0.3) is 22.4 Å². The van der Waals surface area contributed by atoms with Crippen LogP contribution >= 0.6 is 0 Å². The molecular weight excluding hydrogens is 444 g/mol. The summed E-state index contributed by atoms with van der Waals surface area (Å²) in [5, 5.41) is 14.9. The number of benzene rings is 1. The summed E-state index contributed by atoms with van der Waals surface area (Å²) in [5.41, 5.74) is 2.13. The van der Waals surface area contributed by atoms with E-state index in [0.717, 1.165) is 0 Å². The molecule has 3 aromatic rings. The first kappa shape index (κ1) is 23.6. The molecule has 1 unspecified atom stereocenters. The van der Waals surface area contributed by atoms with Gasteiger partial charge < -0.3 is 14.7 Å². The molecule has 0 bridgehead atoms. The van der Waals surface area contributed by atoms with Gasteiger partial charge in [-0.1, -0.05) is 6.92 Å². The predicted molar refractivity (Wildman–Crippen MR) is 124 cm³/mol. The Balaban J connectivity index is 1.85. The molecule has 1 aromatic carbocycles.